The Morgan fingerprint density at radius 2 is 2.38 bits per heavy atom. The van der Waals surface area contributed by atoms with Crippen molar-refractivity contribution in [1.82, 2.24) is 10.9 Å². The monoisotopic (exact) mass is 204 g/mol. The molecule has 1 saturated heterocycles. The third kappa shape index (κ3) is 3.54. The van der Waals surface area contributed by atoms with E-state index in [-0.39, 0.29) is 18.1 Å². The maximum Gasteiger partial charge on any atom is 0.324 e. The second kappa shape index (κ2) is 5.47. The normalized spacial score (nSPS) is 29.5. The van der Waals surface area contributed by atoms with E-state index in [1.807, 2.05) is 13.2 Å². The molecule has 2 N–H and O–H groups in total. The molecule has 1 aliphatic heterocycles. The fraction of sp³-hybridized carbons (Fsp3) is 0.875. The lowest BCUT2D eigenvalue weighted by Crippen LogP contribution is -2.46. The molecular formula is C8H16N2O2S. The molecule has 1 rings (SSSR count). The van der Waals surface area contributed by atoms with E-state index in [1.54, 1.807) is 11.8 Å². The van der Waals surface area contributed by atoms with Crippen molar-refractivity contribution < 1.29 is 9.53 Å². The molecule has 0 aromatic carbocycles. The van der Waals surface area contributed by atoms with Crippen molar-refractivity contribution in [3.05, 3.63) is 0 Å². The van der Waals surface area contributed by atoms with E-state index in [2.05, 4.69) is 10.9 Å². The molecule has 1 heterocycles. The first kappa shape index (κ1) is 10.8. The van der Waals surface area contributed by atoms with Crippen LogP contribution in [0.1, 0.15) is 13.3 Å². The van der Waals surface area contributed by atoms with Crippen molar-refractivity contribution in [3.8, 4) is 0 Å². The molecule has 0 aromatic rings. The fourth-order valence-electron chi connectivity index (χ4n) is 1.08. The van der Waals surface area contributed by atoms with Crippen LogP contribution in [0.4, 0.5) is 0 Å². The Bertz CT molecular complexity index is 178. The summed E-state index contributed by atoms with van der Waals surface area (Å²) in [5.74, 6) is 0.814. The van der Waals surface area contributed by atoms with Gasteiger partial charge in [-0.3, -0.25) is 10.2 Å². The molecule has 1 aliphatic rings. The van der Waals surface area contributed by atoms with Gasteiger partial charge < -0.3 is 4.74 Å². The summed E-state index contributed by atoms with van der Waals surface area (Å²) in [7, 11) is 0. The van der Waals surface area contributed by atoms with E-state index in [0.717, 1.165) is 12.2 Å². The second-order valence-electron chi connectivity index (χ2n) is 3.15. The summed E-state index contributed by atoms with van der Waals surface area (Å²) in [6.45, 7) is 2.42. The lowest BCUT2D eigenvalue weighted by Gasteiger charge is -2.12. The molecule has 4 nitrogen and oxygen atoms in total. The summed E-state index contributed by atoms with van der Waals surface area (Å²) >= 11 is 1.73. The number of hydrogen-bond donors (Lipinski definition) is 2. The fourth-order valence-corrected chi connectivity index (χ4v) is 1.55. The van der Waals surface area contributed by atoms with E-state index in [0.29, 0.717) is 6.61 Å². The van der Waals surface area contributed by atoms with Gasteiger partial charge in [0.1, 0.15) is 12.6 Å². The Morgan fingerprint density at radius 1 is 1.62 bits per heavy atom. The smallest absolute Gasteiger partial charge is 0.324 e. The number of carbonyl (C=O) groups is 1. The minimum atomic E-state index is -0.197. The summed E-state index contributed by atoms with van der Waals surface area (Å²) in [4.78, 5) is 11.3. The van der Waals surface area contributed by atoms with Crippen molar-refractivity contribution in [2.75, 3.05) is 18.6 Å². The van der Waals surface area contributed by atoms with Gasteiger partial charge in [-0.25, -0.2) is 5.43 Å². The minimum absolute atomic E-state index is 0.147. The van der Waals surface area contributed by atoms with Crippen LogP contribution in [0.25, 0.3) is 0 Å². The Balaban J connectivity index is 2.38. The number of thioether (sulfide) groups is 1. The van der Waals surface area contributed by atoms with Gasteiger partial charge in [-0.1, -0.05) is 0 Å². The van der Waals surface area contributed by atoms with Gasteiger partial charge in [0.05, 0.1) is 6.04 Å². The first-order chi connectivity index (χ1) is 6.24. The van der Waals surface area contributed by atoms with Crippen molar-refractivity contribution in [2.45, 2.75) is 25.4 Å². The molecule has 0 aromatic heterocycles. The highest BCUT2D eigenvalue weighted by Gasteiger charge is 2.23. The molecule has 13 heavy (non-hydrogen) atoms. The summed E-state index contributed by atoms with van der Waals surface area (Å²) in [5.41, 5.74) is 6.01. The zero-order valence-electron chi connectivity index (χ0n) is 8.00. The maximum absolute atomic E-state index is 11.3. The number of hydrazine groups is 1. The summed E-state index contributed by atoms with van der Waals surface area (Å²) in [6, 6.07) is -0.0133. The number of cyclic esters (lactones) is 1. The molecule has 0 aliphatic carbocycles. The zero-order valence-corrected chi connectivity index (χ0v) is 8.82. The van der Waals surface area contributed by atoms with Gasteiger partial charge in [0.25, 0.3) is 0 Å². The topological polar surface area (TPSA) is 50.4 Å². The van der Waals surface area contributed by atoms with E-state index in [1.165, 1.54) is 0 Å². The summed E-state index contributed by atoms with van der Waals surface area (Å²) in [5, 5.41) is 0. The molecule has 0 unspecified atom stereocenters. The standard InChI is InChI=1S/C8H16N2O2S/c1-6-5-12-8(11)7(10-9-6)3-4-13-2/h6-7,9-10H,3-5H2,1-2H3/t6-,7-/m0/s1. The highest BCUT2D eigenvalue weighted by atomic mass is 32.2. The number of rotatable bonds is 3. The van der Waals surface area contributed by atoms with Crippen molar-refractivity contribution >= 4 is 17.7 Å². The van der Waals surface area contributed by atoms with Crippen LogP contribution in [0.2, 0.25) is 0 Å². The van der Waals surface area contributed by atoms with Gasteiger partial charge in [-0.15, -0.1) is 0 Å². The minimum Gasteiger partial charge on any atom is -0.463 e. The van der Waals surface area contributed by atoms with Crippen LogP contribution in [0.3, 0.4) is 0 Å². The van der Waals surface area contributed by atoms with Gasteiger partial charge in [-0.05, 0) is 25.4 Å². The van der Waals surface area contributed by atoms with Crippen LogP contribution in [0.15, 0.2) is 0 Å². The first-order valence-corrected chi connectivity index (χ1v) is 5.80. The predicted octanol–water partition coefficient (Wildman–Crippen LogP) is 0.148. The van der Waals surface area contributed by atoms with Gasteiger partial charge in [0.15, 0.2) is 0 Å². The van der Waals surface area contributed by atoms with Crippen LogP contribution >= 0.6 is 11.8 Å². The average molecular weight is 204 g/mol. The Hall–Kier alpha value is -0.260. The number of esters is 1. The number of ether oxygens (including phenoxy) is 1. The zero-order chi connectivity index (χ0) is 9.68. The lowest BCUT2D eigenvalue weighted by atomic mass is 10.2. The van der Waals surface area contributed by atoms with E-state index >= 15 is 0 Å². The number of nitrogens with one attached hydrogen (secondary N) is 2. The third-order valence-corrected chi connectivity index (χ3v) is 2.52. The van der Waals surface area contributed by atoms with Crippen molar-refractivity contribution in [3.63, 3.8) is 0 Å². The van der Waals surface area contributed by atoms with E-state index < -0.39 is 0 Å². The molecule has 0 amide bonds. The molecule has 0 saturated carbocycles. The number of carbonyl (C=O) groups excluding carboxylic acids is 1. The van der Waals surface area contributed by atoms with Crippen LogP contribution in [-0.2, 0) is 9.53 Å². The maximum atomic E-state index is 11.3. The Morgan fingerprint density at radius 3 is 3.08 bits per heavy atom. The molecule has 0 bridgehead atoms. The summed E-state index contributed by atoms with van der Waals surface area (Å²) < 4.78 is 5.05. The highest BCUT2D eigenvalue weighted by Crippen LogP contribution is 2.04. The Labute approximate surface area is 82.8 Å². The molecule has 1 fully saturated rings. The average Bonchev–Trinajstić information content (AvgIpc) is 2.28. The molecule has 0 spiro atoms. The Kier molecular flexibility index (Phi) is 4.55. The van der Waals surface area contributed by atoms with Gasteiger partial charge in [0, 0.05) is 0 Å². The first-order valence-electron chi connectivity index (χ1n) is 4.40. The third-order valence-electron chi connectivity index (χ3n) is 1.87. The van der Waals surface area contributed by atoms with E-state index in [9.17, 15) is 4.79 Å². The quantitative estimate of drug-likeness (QED) is 0.641. The van der Waals surface area contributed by atoms with Crippen LogP contribution in [0.5, 0.6) is 0 Å². The number of hydrogen-bond acceptors (Lipinski definition) is 5. The highest BCUT2D eigenvalue weighted by molar-refractivity contribution is 7.98. The largest absolute Gasteiger partial charge is 0.463 e. The van der Waals surface area contributed by atoms with Crippen molar-refractivity contribution in [2.24, 2.45) is 0 Å². The lowest BCUT2D eigenvalue weighted by molar-refractivity contribution is -0.145. The SMILES string of the molecule is CSCC[C@@H]1NN[C@@H](C)COC1=O. The van der Waals surface area contributed by atoms with Gasteiger partial charge in [0.2, 0.25) is 0 Å². The summed E-state index contributed by atoms with van der Waals surface area (Å²) in [6.07, 6.45) is 2.83. The molecule has 5 heteroatoms. The molecule has 0 radical (unpaired) electrons. The second-order valence-corrected chi connectivity index (χ2v) is 4.14. The molecule has 76 valence electrons. The van der Waals surface area contributed by atoms with Crippen molar-refractivity contribution in [1.29, 1.82) is 0 Å². The van der Waals surface area contributed by atoms with Crippen LogP contribution in [-0.4, -0.2) is 36.7 Å². The van der Waals surface area contributed by atoms with Crippen LogP contribution < -0.4 is 10.9 Å². The van der Waals surface area contributed by atoms with Crippen LogP contribution in [0, 0.1) is 0 Å². The van der Waals surface area contributed by atoms with Gasteiger partial charge >= 0.3 is 5.97 Å². The predicted molar refractivity (Wildman–Crippen MR) is 53.5 cm³/mol. The van der Waals surface area contributed by atoms with Gasteiger partial charge in [-0.2, -0.15) is 11.8 Å². The molecular weight excluding hydrogens is 188 g/mol. The molecule has 2 atom stereocenters. The van der Waals surface area contributed by atoms with E-state index in [4.69, 9.17) is 4.74 Å².